The predicted molar refractivity (Wildman–Crippen MR) is 102 cm³/mol. The van der Waals surface area contributed by atoms with E-state index in [9.17, 15) is 24.6 Å². The Bertz CT molecular complexity index is 775. The zero-order valence-corrected chi connectivity index (χ0v) is 23.8. The quantitative estimate of drug-likeness (QED) is 0.249. The molecule has 2 fully saturated rings. The van der Waals surface area contributed by atoms with Crippen molar-refractivity contribution in [3.8, 4) is 0 Å². The van der Waals surface area contributed by atoms with Crippen molar-refractivity contribution in [2.45, 2.75) is 43.7 Å². The van der Waals surface area contributed by atoms with E-state index in [0.717, 1.165) is 0 Å². The Kier molecular flexibility index (Phi) is 12.8. The molecular formula is C18H25N3Na2O8S. The summed E-state index contributed by atoms with van der Waals surface area (Å²) in [4.78, 5) is 48.1. The molecule has 3 heterocycles. The topological polar surface area (TPSA) is 173 Å². The van der Waals surface area contributed by atoms with Crippen molar-refractivity contribution in [2.24, 2.45) is 11.8 Å². The Morgan fingerprint density at radius 3 is 2.22 bits per heavy atom. The van der Waals surface area contributed by atoms with Crippen molar-refractivity contribution < 1.29 is 98.7 Å². The van der Waals surface area contributed by atoms with Gasteiger partial charge in [-0.05, 0) is 19.5 Å². The van der Waals surface area contributed by atoms with Crippen molar-refractivity contribution in [1.29, 1.82) is 0 Å². The Hall–Kier alpha value is -0.310. The van der Waals surface area contributed by atoms with Crippen LogP contribution in [0.15, 0.2) is 10.6 Å². The summed E-state index contributed by atoms with van der Waals surface area (Å²) in [6.45, 7) is 4.08. The number of nitrogens with one attached hydrogen (secondary N) is 1. The minimum atomic E-state index is -2.33. The first kappa shape index (κ1) is 31.7. The first-order valence-electron chi connectivity index (χ1n) is 9.36. The SMILES string of the molecule is C[C@@H](O)[C@H]1C(=O)N2C(C(=O)O)=C(S[C@@H]3CN[C@H](C(=O)N(C)C)C3)[C@H](C)[C@H]12.O=C([O-])[O-].[Na+].[Na+]. The molecule has 3 rings (SSSR count). The maximum atomic E-state index is 12.3. The average molecular weight is 489 g/mol. The van der Waals surface area contributed by atoms with E-state index in [2.05, 4.69) is 5.32 Å². The summed E-state index contributed by atoms with van der Waals surface area (Å²) in [6.07, 6.45) is -2.52. The number of carbonyl (C=O) groups excluding carboxylic acids is 3. The first-order chi connectivity index (χ1) is 13.9. The van der Waals surface area contributed by atoms with Gasteiger partial charge in [0, 0.05) is 36.7 Å². The van der Waals surface area contributed by atoms with Crippen LogP contribution < -0.4 is 74.6 Å². The molecule has 2 saturated heterocycles. The van der Waals surface area contributed by atoms with Crippen LogP contribution in [0.4, 0.5) is 4.79 Å². The minimum absolute atomic E-state index is 0. The molecule has 3 aliphatic rings. The van der Waals surface area contributed by atoms with E-state index in [-0.39, 0.29) is 99.9 Å². The predicted octanol–water partition coefficient (Wildman–Crippen LogP) is -8.75. The zero-order chi connectivity index (χ0) is 22.9. The van der Waals surface area contributed by atoms with Crippen LogP contribution in [0.3, 0.4) is 0 Å². The number of rotatable bonds is 5. The second-order valence-corrected chi connectivity index (χ2v) is 9.03. The largest absolute Gasteiger partial charge is 1.00 e. The van der Waals surface area contributed by atoms with Gasteiger partial charge >= 0.3 is 65.1 Å². The number of carboxylic acids is 1. The van der Waals surface area contributed by atoms with Crippen LogP contribution in [0.5, 0.6) is 0 Å². The van der Waals surface area contributed by atoms with Gasteiger partial charge in [-0.25, -0.2) is 4.79 Å². The number of aliphatic carboxylic acids is 1. The molecule has 0 bridgehead atoms. The summed E-state index contributed by atoms with van der Waals surface area (Å²) in [5.74, 6) is -2.14. The molecule has 6 atom stereocenters. The Morgan fingerprint density at radius 1 is 1.25 bits per heavy atom. The number of carboxylic acid groups (broad SMARTS) is 3. The maximum absolute atomic E-state index is 12.3. The Balaban J connectivity index is 0.00000148. The molecular weight excluding hydrogens is 464 g/mol. The molecule has 32 heavy (non-hydrogen) atoms. The average Bonchev–Trinajstić information content (AvgIpc) is 3.16. The van der Waals surface area contributed by atoms with Gasteiger partial charge in [0.2, 0.25) is 11.8 Å². The molecule has 2 amide bonds. The third kappa shape index (κ3) is 6.63. The number of thioether (sulfide) groups is 1. The van der Waals surface area contributed by atoms with Gasteiger partial charge in [0.25, 0.3) is 0 Å². The fourth-order valence-electron chi connectivity index (χ4n) is 4.15. The smallest absolute Gasteiger partial charge is 0.652 e. The number of likely N-dealkylation sites (N-methyl/N-ethyl adjacent to an activating group) is 1. The van der Waals surface area contributed by atoms with Crippen LogP contribution in [-0.2, 0) is 14.4 Å². The monoisotopic (exact) mass is 489 g/mol. The third-order valence-electron chi connectivity index (χ3n) is 5.43. The van der Waals surface area contributed by atoms with Crippen LogP contribution in [0, 0.1) is 11.8 Å². The van der Waals surface area contributed by atoms with Crippen LogP contribution in [-0.4, -0.2) is 88.0 Å². The number of aliphatic hydroxyl groups is 1. The number of aliphatic hydroxyl groups excluding tert-OH is 1. The maximum Gasteiger partial charge on any atom is 1.00 e. The van der Waals surface area contributed by atoms with Crippen molar-refractivity contribution >= 4 is 35.7 Å². The molecule has 0 saturated carbocycles. The molecule has 0 aromatic carbocycles. The molecule has 11 nitrogen and oxygen atoms in total. The van der Waals surface area contributed by atoms with Gasteiger partial charge < -0.3 is 40.3 Å². The van der Waals surface area contributed by atoms with E-state index in [1.807, 2.05) is 6.92 Å². The fraction of sp³-hybridized carbons (Fsp3) is 0.667. The number of fused-ring (bicyclic) bond motifs is 1. The molecule has 0 spiro atoms. The van der Waals surface area contributed by atoms with E-state index < -0.39 is 24.1 Å². The molecule has 0 radical (unpaired) electrons. The van der Waals surface area contributed by atoms with Crippen molar-refractivity contribution in [3.05, 3.63) is 10.6 Å². The summed E-state index contributed by atoms with van der Waals surface area (Å²) in [5, 5.41) is 39.5. The molecule has 0 aromatic heterocycles. The molecule has 14 heteroatoms. The number of carbonyl (C=O) groups is 4. The minimum Gasteiger partial charge on any atom is -0.652 e. The number of β-lactam (4-membered cyclic amide) rings is 1. The van der Waals surface area contributed by atoms with Gasteiger partial charge in [0.15, 0.2) is 0 Å². The third-order valence-corrected chi connectivity index (χ3v) is 6.95. The van der Waals surface area contributed by atoms with Crippen molar-refractivity contribution in [3.63, 3.8) is 0 Å². The van der Waals surface area contributed by atoms with E-state index in [1.54, 1.807) is 25.9 Å². The normalized spacial score (nSPS) is 28.8. The second kappa shape index (κ2) is 13.0. The van der Waals surface area contributed by atoms with Crippen molar-refractivity contribution in [1.82, 2.24) is 15.1 Å². The standard InChI is InChI=1S/C17H25N3O5S.CH2O3.2Na/c1-7-12-11(8(2)21)16(23)20(12)13(17(24)25)14(7)26-9-5-10(18-6-9)15(22)19(3)4;2-1(3)4;;/h7-12,18,21H,5-6H2,1-4H3,(H,24,25);(H2,2,3,4);;/q;;2*+1/p-2/t7-,8-,9+,10+,11-,12-;;;/m1.../s1. The van der Waals surface area contributed by atoms with E-state index in [4.69, 9.17) is 15.0 Å². The van der Waals surface area contributed by atoms with Crippen LogP contribution in [0.25, 0.3) is 0 Å². The fourth-order valence-corrected chi connectivity index (χ4v) is 5.63. The van der Waals surface area contributed by atoms with Crippen LogP contribution in [0.1, 0.15) is 20.3 Å². The molecule has 0 unspecified atom stereocenters. The van der Waals surface area contributed by atoms with E-state index >= 15 is 0 Å². The van der Waals surface area contributed by atoms with Gasteiger partial charge in [-0.1, -0.05) is 6.92 Å². The molecule has 3 N–H and O–H groups in total. The Labute approximate surface area is 234 Å². The van der Waals surface area contributed by atoms with Gasteiger partial charge in [-0.15, -0.1) is 11.8 Å². The number of amides is 2. The number of hydrogen-bond donors (Lipinski definition) is 3. The first-order valence-corrected chi connectivity index (χ1v) is 10.2. The van der Waals surface area contributed by atoms with Gasteiger partial charge in [-0.2, -0.15) is 0 Å². The zero-order valence-electron chi connectivity index (χ0n) is 19.0. The summed E-state index contributed by atoms with van der Waals surface area (Å²) < 4.78 is 0. The molecule has 0 aliphatic carbocycles. The van der Waals surface area contributed by atoms with Crippen LogP contribution in [0.2, 0.25) is 0 Å². The van der Waals surface area contributed by atoms with Gasteiger partial charge in [0.1, 0.15) is 5.70 Å². The van der Waals surface area contributed by atoms with E-state index in [1.165, 1.54) is 16.7 Å². The summed E-state index contributed by atoms with van der Waals surface area (Å²) in [5.41, 5.74) is 0.0387. The molecule has 3 aliphatic heterocycles. The summed E-state index contributed by atoms with van der Waals surface area (Å²) >= 11 is 1.45. The van der Waals surface area contributed by atoms with Gasteiger partial charge in [0.05, 0.1) is 24.1 Å². The van der Waals surface area contributed by atoms with E-state index in [0.29, 0.717) is 17.9 Å². The number of nitrogens with zero attached hydrogens (tertiary/aromatic N) is 2. The molecule has 0 aromatic rings. The summed E-state index contributed by atoms with van der Waals surface area (Å²) in [6, 6.07) is -0.568. The summed E-state index contributed by atoms with van der Waals surface area (Å²) in [7, 11) is 3.42. The second-order valence-electron chi connectivity index (χ2n) is 7.69. The van der Waals surface area contributed by atoms with Gasteiger partial charge in [-0.3, -0.25) is 9.59 Å². The van der Waals surface area contributed by atoms with Crippen LogP contribution >= 0.6 is 11.8 Å². The van der Waals surface area contributed by atoms with Crippen molar-refractivity contribution in [2.75, 3.05) is 20.6 Å². The molecule has 168 valence electrons. The Morgan fingerprint density at radius 2 is 1.78 bits per heavy atom. The number of hydrogen-bond acceptors (Lipinski definition) is 9.